The Labute approximate surface area is 184 Å². The van der Waals surface area contributed by atoms with Crippen LogP contribution < -0.4 is 10.6 Å². The van der Waals surface area contributed by atoms with Crippen LogP contribution in [0.2, 0.25) is 5.02 Å². The van der Waals surface area contributed by atoms with Gasteiger partial charge >= 0.3 is 0 Å². The van der Waals surface area contributed by atoms with E-state index in [-0.39, 0.29) is 17.6 Å². The summed E-state index contributed by atoms with van der Waals surface area (Å²) in [4.78, 5) is 38.7. The molecule has 2 N–H and O–H groups in total. The highest BCUT2D eigenvalue weighted by Crippen LogP contribution is 2.15. The summed E-state index contributed by atoms with van der Waals surface area (Å²) in [6.07, 6.45) is 7.59. The zero-order valence-corrected chi connectivity index (χ0v) is 18.7. The van der Waals surface area contributed by atoms with Gasteiger partial charge in [0.05, 0.1) is 0 Å². The minimum atomic E-state index is -0.591. The number of halogens is 1. The van der Waals surface area contributed by atoms with Gasteiger partial charge in [0, 0.05) is 30.1 Å². The second kappa shape index (κ2) is 13.4. The summed E-state index contributed by atoms with van der Waals surface area (Å²) in [5, 5.41) is 6.38. The normalized spacial score (nSPS) is 15.4. The molecule has 1 aliphatic heterocycles. The van der Waals surface area contributed by atoms with Crippen LogP contribution in [0.25, 0.3) is 0 Å². The summed E-state index contributed by atoms with van der Waals surface area (Å²) in [5.74, 6) is -0.145. The highest BCUT2D eigenvalue weighted by atomic mass is 35.5. The summed E-state index contributed by atoms with van der Waals surface area (Å²) in [6, 6.07) is 6.31. The first-order valence-electron chi connectivity index (χ1n) is 11.0. The zero-order chi connectivity index (χ0) is 21.8. The summed E-state index contributed by atoms with van der Waals surface area (Å²) < 4.78 is 0. The Bertz CT molecular complexity index is 687. The predicted molar refractivity (Wildman–Crippen MR) is 121 cm³/mol. The first-order valence-corrected chi connectivity index (χ1v) is 11.4. The molecule has 1 aromatic carbocycles. The summed E-state index contributed by atoms with van der Waals surface area (Å²) >= 11 is 5.90. The van der Waals surface area contributed by atoms with Gasteiger partial charge in [-0.15, -0.1) is 0 Å². The number of nitrogens with one attached hydrogen (secondary N) is 2. The fourth-order valence-electron chi connectivity index (χ4n) is 3.64. The van der Waals surface area contributed by atoms with Gasteiger partial charge in [0.25, 0.3) is 0 Å². The number of piperidine rings is 1. The molecule has 1 atom stereocenters. The molecule has 2 amide bonds. The lowest BCUT2D eigenvalue weighted by Crippen LogP contribution is -2.45. The second-order valence-corrected chi connectivity index (χ2v) is 8.51. The molecule has 1 aromatic rings. The maximum Gasteiger partial charge on any atom is 0.246 e. The van der Waals surface area contributed by atoms with E-state index in [1.54, 1.807) is 31.2 Å². The number of anilines is 1. The van der Waals surface area contributed by atoms with Crippen molar-refractivity contribution in [2.24, 2.45) is 0 Å². The molecule has 1 unspecified atom stereocenters. The molecule has 0 spiro atoms. The van der Waals surface area contributed by atoms with Crippen molar-refractivity contribution in [2.45, 2.75) is 70.8 Å². The number of nitrogens with zero attached hydrogens (tertiary/aromatic N) is 1. The van der Waals surface area contributed by atoms with Crippen LogP contribution in [-0.2, 0) is 14.4 Å². The molecule has 166 valence electrons. The molecule has 0 aromatic heterocycles. The van der Waals surface area contributed by atoms with Gasteiger partial charge in [0.2, 0.25) is 11.8 Å². The SMILES string of the molecule is CC(=O)CCCCCC(NC(=O)CCN1CCCCC1)C(=O)Nc1ccc(Cl)cc1. The Balaban J connectivity index is 1.86. The average molecular weight is 436 g/mol. The maximum absolute atomic E-state index is 12.8. The standard InChI is InChI=1S/C23H34ClN3O3/c1-18(28)8-4-2-5-9-21(23(30)25-20-12-10-19(24)11-13-20)26-22(29)14-17-27-15-6-3-7-16-27/h10-13,21H,2-9,14-17H2,1H3,(H,25,30)(H,26,29). The third kappa shape index (κ3) is 9.72. The molecule has 0 bridgehead atoms. The van der Waals surface area contributed by atoms with Crippen molar-refractivity contribution in [3.8, 4) is 0 Å². The molecule has 0 radical (unpaired) electrons. The number of hydrogen-bond donors (Lipinski definition) is 2. The van der Waals surface area contributed by atoms with Crippen molar-refractivity contribution in [3.05, 3.63) is 29.3 Å². The van der Waals surface area contributed by atoms with E-state index in [1.807, 2.05) is 0 Å². The number of carbonyl (C=O) groups is 3. The fourth-order valence-corrected chi connectivity index (χ4v) is 3.77. The largest absolute Gasteiger partial charge is 0.344 e. The summed E-state index contributed by atoms with van der Waals surface area (Å²) in [7, 11) is 0. The second-order valence-electron chi connectivity index (χ2n) is 8.07. The number of benzene rings is 1. The molecule has 1 heterocycles. The van der Waals surface area contributed by atoms with Crippen molar-refractivity contribution in [3.63, 3.8) is 0 Å². The topological polar surface area (TPSA) is 78.5 Å². The van der Waals surface area contributed by atoms with Crippen molar-refractivity contribution in [1.29, 1.82) is 0 Å². The Morgan fingerprint density at radius 2 is 1.70 bits per heavy atom. The third-order valence-electron chi connectivity index (χ3n) is 5.39. The van der Waals surface area contributed by atoms with Crippen LogP contribution in [-0.4, -0.2) is 48.2 Å². The molecule has 0 saturated carbocycles. The van der Waals surface area contributed by atoms with Crippen molar-refractivity contribution in [1.82, 2.24) is 10.2 Å². The van der Waals surface area contributed by atoms with Gasteiger partial charge < -0.3 is 20.3 Å². The smallest absolute Gasteiger partial charge is 0.246 e. The van der Waals surface area contributed by atoms with E-state index in [2.05, 4.69) is 15.5 Å². The molecule has 0 aliphatic carbocycles. The van der Waals surface area contributed by atoms with Crippen LogP contribution in [0.3, 0.4) is 0 Å². The number of ketones is 1. The summed E-state index contributed by atoms with van der Waals surface area (Å²) in [5.41, 5.74) is 0.647. The quantitative estimate of drug-likeness (QED) is 0.483. The van der Waals surface area contributed by atoms with Crippen LogP contribution in [0.5, 0.6) is 0 Å². The molecule has 30 heavy (non-hydrogen) atoms. The van der Waals surface area contributed by atoms with E-state index in [9.17, 15) is 14.4 Å². The molecule has 2 rings (SSSR count). The third-order valence-corrected chi connectivity index (χ3v) is 5.64. The van der Waals surface area contributed by atoms with Crippen molar-refractivity contribution >= 4 is 34.9 Å². The Morgan fingerprint density at radius 3 is 2.37 bits per heavy atom. The minimum absolute atomic E-state index is 0.0967. The molecule has 1 aliphatic rings. The maximum atomic E-state index is 12.8. The molecular weight excluding hydrogens is 402 g/mol. The Hall–Kier alpha value is -1.92. The van der Waals surface area contributed by atoms with Crippen LogP contribution in [0.1, 0.15) is 64.7 Å². The molecular formula is C23H34ClN3O3. The zero-order valence-electron chi connectivity index (χ0n) is 17.9. The van der Waals surface area contributed by atoms with E-state index >= 15 is 0 Å². The fraction of sp³-hybridized carbons (Fsp3) is 0.609. The number of unbranched alkanes of at least 4 members (excludes halogenated alkanes) is 2. The van der Waals surface area contributed by atoms with Crippen molar-refractivity contribution < 1.29 is 14.4 Å². The van der Waals surface area contributed by atoms with Gasteiger partial charge in [0.1, 0.15) is 11.8 Å². The first kappa shape index (κ1) is 24.4. The molecule has 1 fully saturated rings. The van der Waals surface area contributed by atoms with Gasteiger partial charge in [-0.05, 0) is 70.0 Å². The van der Waals surface area contributed by atoms with Crippen molar-refractivity contribution in [2.75, 3.05) is 25.0 Å². The first-order chi connectivity index (χ1) is 14.4. The number of carbonyl (C=O) groups excluding carboxylic acids is 3. The molecule has 1 saturated heterocycles. The number of Topliss-reactive ketones (excluding diaryl/α,β-unsaturated/α-hetero) is 1. The lowest BCUT2D eigenvalue weighted by atomic mass is 10.0. The number of amides is 2. The molecule has 6 nitrogen and oxygen atoms in total. The summed E-state index contributed by atoms with van der Waals surface area (Å²) in [6.45, 7) is 4.41. The van der Waals surface area contributed by atoms with Gasteiger partial charge in [-0.3, -0.25) is 9.59 Å². The monoisotopic (exact) mass is 435 g/mol. The number of likely N-dealkylation sites (tertiary alicyclic amines) is 1. The van der Waals surface area contributed by atoms with Crippen LogP contribution in [0, 0.1) is 0 Å². The molecule has 7 heteroatoms. The lowest BCUT2D eigenvalue weighted by Gasteiger charge is -2.26. The van der Waals surface area contributed by atoms with E-state index < -0.39 is 6.04 Å². The van der Waals surface area contributed by atoms with Crippen LogP contribution in [0.4, 0.5) is 5.69 Å². The predicted octanol–water partition coefficient (Wildman–Crippen LogP) is 4.18. The number of hydrogen-bond acceptors (Lipinski definition) is 4. The van der Waals surface area contributed by atoms with E-state index in [0.29, 0.717) is 30.0 Å². The highest BCUT2D eigenvalue weighted by Gasteiger charge is 2.21. The van der Waals surface area contributed by atoms with Gasteiger partial charge in [-0.2, -0.15) is 0 Å². The van der Waals surface area contributed by atoms with Gasteiger partial charge in [-0.1, -0.05) is 30.9 Å². The van der Waals surface area contributed by atoms with E-state index in [4.69, 9.17) is 11.6 Å². The minimum Gasteiger partial charge on any atom is -0.344 e. The highest BCUT2D eigenvalue weighted by molar-refractivity contribution is 6.30. The Kier molecular flexibility index (Phi) is 10.9. The van der Waals surface area contributed by atoms with Crippen LogP contribution >= 0.6 is 11.6 Å². The average Bonchev–Trinajstić information content (AvgIpc) is 2.73. The van der Waals surface area contributed by atoms with Gasteiger partial charge in [-0.25, -0.2) is 0 Å². The Morgan fingerprint density at radius 1 is 1.00 bits per heavy atom. The number of rotatable bonds is 12. The van der Waals surface area contributed by atoms with Crippen LogP contribution in [0.15, 0.2) is 24.3 Å². The lowest BCUT2D eigenvalue weighted by molar-refractivity contribution is -0.126. The van der Waals surface area contributed by atoms with Gasteiger partial charge in [0.15, 0.2) is 0 Å². The van der Waals surface area contributed by atoms with E-state index in [0.717, 1.165) is 38.9 Å². The van der Waals surface area contributed by atoms with E-state index in [1.165, 1.54) is 19.3 Å².